The Hall–Kier alpha value is -2.46. The van der Waals surface area contributed by atoms with Crippen molar-refractivity contribution in [3.05, 3.63) is 29.4 Å². The molecule has 3 fully saturated rings. The first-order valence-corrected chi connectivity index (χ1v) is 11.4. The molecule has 0 unspecified atom stereocenters. The van der Waals surface area contributed by atoms with Crippen molar-refractivity contribution >= 4 is 28.6 Å². The molecule has 3 aliphatic heterocycles. The molecule has 0 bridgehead atoms. The number of nitrogens with one attached hydrogen (secondary N) is 1. The first-order valence-electron chi connectivity index (χ1n) is 11.0. The van der Waals surface area contributed by atoms with E-state index in [0.29, 0.717) is 34.5 Å². The second-order valence-electron chi connectivity index (χ2n) is 8.50. The average Bonchev–Trinajstić information content (AvgIpc) is 3.51. The number of fused-ring (bicyclic) bond motifs is 2. The fraction of sp³-hybridized carbons (Fsp3) is 0.500. The third-order valence-electron chi connectivity index (χ3n) is 6.35. The third-order valence-corrected chi connectivity index (χ3v) is 6.64. The number of H-pyrrole nitrogens is 1. The Labute approximate surface area is 189 Å². The molecule has 6 rings (SSSR count). The largest absolute Gasteiger partial charge is 0.456 e. The minimum Gasteiger partial charge on any atom is -0.456 e. The fourth-order valence-electron chi connectivity index (χ4n) is 4.68. The Balaban J connectivity index is 1.23. The van der Waals surface area contributed by atoms with Crippen LogP contribution in [-0.4, -0.2) is 75.8 Å². The molecular formula is C22H24ClN5O4. The van der Waals surface area contributed by atoms with Crippen LogP contribution in [0.1, 0.15) is 19.3 Å². The van der Waals surface area contributed by atoms with Gasteiger partial charge < -0.3 is 29.2 Å². The van der Waals surface area contributed by atoms with E-state index < -0.39 is 6.10 Å². The van der Waals surface area contributed by atoms with Crippen LogP contribution >= 0.6 is 11.6 Å². The number of aromatic amines is 1. The van der Waals surface area contributed by atoms with Gasteiger partial charge in [0.2, 0.25) is 0 Å². The number of rotatable bonds is 4. The van der Waals surface area contributed by atoms with Gasteiger partial charge in [-0.1, -0.05) is 11.6 Å². The van der Waals surface area contributed by atoms with Crippen LogP contribution in [0.25, 0.3) is 22.4 Å². The molecule has 3 aliphatic rings. The number of hydrogen-bond donors (Lipinski definition) is 2. The smallest absolute Gasteiger partial charge is 0.296 e. The molecule has 0 spiro atoms. The summed E-state index contributed by atoms with van der Waals surface area (Å²) < 4.78 is 17.2. The quantitative estimate of drug-likeness (QED) is 0.615. The lowest BCUT2D eigenvalue weighted by molar-refractivity contribution is 0.00706. The monoisotopic (exact) mass is 457 g/mol. The average molecular weight is 458 g/mol. The van der Waals surface area contributed by atoms with Crippen LogP contribution in [0, 0.1) is 0 Å². The van der Waals surface area contributed by atoms with E-state index in [0.717, 1.165) is 24.5 Å². The summed E-state index contributed by atoms with van der Waals surface area (Å²) in [5, 5.41) is 10.4. The van der Waals surface area contributed by atoms with Gasteiger partial charge in [-0.15, -0.1) is 0 Å². The van der Waals surface area contributed by atoms with Crippen LogP contribution in [0.4, 0.5) is 5.82 Å². The highest BCUT2D eigenvalue weighted by molar-refractivity contribution is 6.33. The number of nitrogens with zero attached hydrogens (tertiary/aromatic N) is 4. The van der Waals surface area contributed by atoms with Gasteiger partial charge in [0.05, 0.1) is 29.4 Å². The van der Waals surface area contributed by atoms with E-state index in [1.165, 1.54) is 19.3 Å². The van der Waals surface area contributed by atoms with Crippen LogP contribution in [0.5, 0.6) is 6.01 Å². The summed E-state index contributed by atoms with van der Waals surface area (Å²) in [4.78, 5) is 19.2. The van der Waals surface area contributed by atoms with E-state index in [4.69, 9.17) is 25.8 Å². The summed E-state index contributed by atoms with van der Waals surface area (Å²) in [7, 11) is 0. The summed E-state index contributed by atoms with van der Waals surface area (Å²) in [5.74, 6) is 0.984. The highest BCUT2D eigenvalue weighted by Crippen LogP contribution is 2.32. The van der Waals surface area contributed by atoms with Crippen LogP contribution in [0.3, 0.4) is 0 Å². The number of pyridine rings is 2. The zero-order valence-electron chi connectivity index (χ0n) is 17.4. The molecule has 3 aromatic rings. The van der Waals surface area contributed by atoms with Gasteiger partial charge in [0.1, 0.15) is 24.1 Å². The molecule has 6 heterocycles. The molecule has 10 heteroatoms. The van der Waals surface area contributed by atoms with E-state index in [1.807, 2.05) is 18.3 Å². The molecule has 3 saturated heterocycles. The zero-order valence-corrected chi connectivity index (χ0v) is 18.2. The Kier molecular flexibility index (Phi) is 5.14. The predicted octanol–water partition coefficient (Wildman–Crippen LogP) is 2.57. The van der Waals surface area contributed by atoms with Crippen molar-refractivity contribution in [1.82, 2.24) is 19.9 Å². The van der Waals surface area contributed by atoms with Crippen LogP contribution in [0.2, 0.25) is 5.02 Å². The van der Waals surface area contributed by atoms with E-state index >= 15 is 0 Å². The molecule has 0 aliphatic carbocycles. The number of anilines is 1. The Morgan fingerprint density at radius 1 is 1.09 bits per heavy atom. The topological polar surface area (TPSA) is 106 Å². The normalized spacial score (nSPS) is 27.8. The van der Waals surface area contributed by atoms with Gasteiger partial charge in [-0.25, -0.2) is 9.97 Å². The third kappa shape index (κ3) is 3.59. The summed E-state index contributed by atoms with van der Waals surface area (Å²) >= 11 is 6.54. The Bertz CT molecular complexity index is 1120. The molecule has 3 aromatic heterocycles. The fourth-order valence-corrected chi connectivity index (χ4v) is 4.94. The Morgan fingerprint density at radius 3 is 2.75 bits per heavy atom. The number of halogens is 1. The van der Waals surface area contributed by atoms with E-state index in [1.54, 1.807) is 6.07 Å². The number of aromatic nitrogens is 4. The highest BCUT2D eigenvalue weighted by Gasteiger charge is 2.48. The first-order chi connectivity index (χ1) is 15.7. The van der Waals surface area contributed by atoms with Crippen molar-refractivity contribution in [3.63, 3.8) is 0 Å². The molecule has 0 radical (unpaired) electrons. The maximum Gasteiger partial charge on any atom is 0.296 e. The number of aliphatic hydroxyl groups is 1. The lowest BCUT2D eigenvalue weighted by atomic mass is 10.1. The van der Waals surface area contributed by atoms with Gasteiger partial charge in [-0.05, 0) is 37.5 Å². The summed E-state index contributed by atoms with van der Waals surface area (Å²) in [6.45, 7) is 2.67. The lowest BCUT2D eigenvalue weighted by Crippen LogP contribution is -2.34. The minimum atomic E-state index is -0.623. The minimum absolute atomic E-state index is 0.250. The van der Waals surface area contributed by atoms with E-state index in [9.17, 15) is 5.11 Å². The second kappa shape index (κ2) is 8.15. The summed E-state index contributed by atoms with van der Waals surface area (Å²) in [6, 6.07) is 6.13. The lowest BCUT2D eigenvalue weighted by Gasteiger charge is -2.27. The highest BCUT2D eigenvalue weighted by atomic mass is 35.5. The van der Waals surface area contributed by atoms with Gasteiger partial charge in [0.25, 0.3) is 6.01 Å². The SMILES string of the molecule is O[C@@H]1CO[C@H]2[C@@H]1OC[C@H]2Oc1nc2nc(-c3ccc(N4CCCCC4)nc3)c(Cl)cc2[nH]1. The first kappa shape index (κ1) is 20.2. The van der Waals surface area contributed by atoms with E-state index in [-0.39, 0.29) is 24.9 Å². The number of ether oxygens (including phenoxy) is 3. The summed E-state index contributed by atoms with van der Waals surface area (Å²) in [5.41, 5.74) is 2.64. The van der Waals surface area contributed by atoms with Gasteiger partial charge >= 0.3 is 0 Å². The van der Waals surface area contributed by atoms with Crippen molar-refractivity contribution in [2.45, 2.75) is 43.7 Å². The zero-order chi connectivity index (χ0) is 21.7. The van der Waals surface area contributed by atoms with Crippen LogP contribution in [-0.2, 0) is 9.47 Å². The van der Waals surface area contributed by atoms with Gasteiger partial charge in [0, 0.05) is 24.8 Å². The molecule has 4 atom stereocenters. The molecule has 32 heavy (non-hydrogen) atoms. The molecule has 168 valence electrons. The Morgan fingerprint density at radius 2 is 1.94 bits per heavy atom. The van der Waals surface area contributed by atoms with Crippen molar-refractivity contribution in [3.8, 4) is 17.3 Å². The van der Waals surface area contributed by atoms with Crippen molar-refractivity contribution in [2.75, 3.05) is 31.2 Å². The van der Waals surface area contributed by atoms with Gasteiger partial charge in [-0.2, -0.15) is 4.98 Å². The van der Waals surface area contributed by atoms with Crippen molar-refractivity contribution < 1.29 is 19.3 Å². The second-order valence-corrected chi connectivity index (χ2v) is 8.91. The molecular weight excluding hydrogens is 434 g/mol. The number of piperidine rings is 1. The van der Waals surface area contributed by atoms with Gasteiger partial charge in [-0.3, -0.25) is 0 Å². The molecule has 2 N–H and O–H groups in total. The maximum atomic E-state index is 9.90. The summed E-state index contributed by atoms with van der Waals surface area (Å²) in [6.07, 6.45) is 3.87. The predicted molar refractivity (Wildman–Crippen MR) is 118 cm³/mol. The molecule has 0 amide bonds. The van der Waals surface area contributed by atoms with Crippen molar-refractivity contribution in [2.24, 2.45) is 0 Å². The van der Waals surface area contributed by atoms with Crippen molar-refractivity contribution in [1.29, 1.82) is 0 Å². The maximum absolute atomic E-state index is 9.90. The number of hydrogen-bond acceptors (Lipinski definition) is 8. The number of aliphatic hydroxyl groups excluding tert-OH is 1. The molecule has 9 nitrogen and oxygen atoms in total. The van der Waals surface area contributed by atoms with E-state index in [2.05, 4.69) is 24.8 Å². The standard InChI is InChI=1S/C22H24ClN5O4/c23-13-8-14-21(27-22(25-14)32-16-11-31-19-15(29)10-30-20(16)19)26-18(13)12-4-5-17(24-9-12)28-6-2-1-3-7-28/h4-5,8-9,15-16,19-20,29H,1-3,6-7,10-11H2,(H,25,26,27)/t15-,16-,19-,20-/m1/s1. The van der Waals surface area contributed by atoms with Gasteiger partial charge in [0.15, 0.2) is 11.8 Å². The molecule has 0 aromatic carbocycles. The van der Waals surface area contributed by atoms with Crippen LogP contribution < -0.4 is 9.64 Å². The molecule has 0 saturated carbocycles. The van der Waals surface area contributed by atoms with Crippen LogP contribution in [0.15, 0.2) is 24.4 Å². The number of imidazole rings is 1.